The van der Waals surface area contributed by atoms with Crippen LogP contribution in [0.25, 0.3) is 11.4 Å². The van der Waals surface area contributed by atoms with Gasteiger partial charge in [-0.15, -0.1) is 0 Å². The van der Waals surface area contributed by atoms with Crippen molar-refractivity contribution in [2.24, 2.45) is 0 Å². The first-order chi connectivity index (χ1) is 13.5. The summed E-state index contributed by atoms with van der Waals surface area (Å²) in [6.07, 6.45) is 1.31. The molecular formula is C20H23N5O3. The van der Waals surface area contributed by atoms with Crippen LogP contribution in [0.5, 0.6) is 5.75 Å². The Morgan fingerprint density at radius 1 is 1.18 bits per heavy atom. The highest BCUT2D eigenvalue weighted by atomic mass is 16.5. The van der Waals surface area contributed by atoms with Crippen LogP contribution in [0.1, 0.15) is 36.2 Å². The van der Waals surface area contributed by atoms with Gasteiger partial charge in [-0.3, -0.25) is 0 Å². The third-order valence-corrected chi connectivity index (χ3v) is 4.96. The zero-order chi connectivity index (χ0) is 19.7. The van der Waals surface area contributed by atoms with Gasteiger partial charge in [0.05, 0.1) is 19.8 Å². The van der Waals surface area contributed by atoms with Crippen LogP contribution in [-0.4, -0.2) is 45.5 Å². The van der Waals surface area contributed by atoms with Gasteiger partial charge in [-0.25, -0.2) is 9.97 Å². The number of aromatic nitrogens is 4. The highest BCUT2D eigenvalue weighted by Gasteiger charge is 2.30. The van der Waals surface area contributed by atoms with Gasteiger partial charge in [-0.2, -0.15) is 4.98 Å². The summed E-state index contributed by atoms with van der Waals surface area (Å²) in [4.78, 5) is 15.5. The first-order valence-corrected chi connectivity index (χ1v) is 9.23. The maximum absolute atomic E-state index is 9.56. The van der Waals surface area contributed by atoms with Gasteiger partial charge >= 0.3 is 0 Å². The summed E-state index contributed by atoms with van der Waals surface area (Å²) >= 11 is 0. The number of rotatable bonds is 6. The lowest BCUT2D eigenvalue weighted by molar-refractivity contribution is 0.0731. The van der Waals surface area contributed by atoms with E-state index in [0.29, 0.717) is 30.0 Å². The molecule has 1 saturated carbocycles. The van der Waals surface area contributed by atoms with Gasteiger partial charge in [0.1, 0.15) is 17.4 Å². The minimum Gasteiger partial charge on any atom is -0.497 e. The van der Waals surface area contributed by atoms with E-state index in [1.54, 1.807) is 7.11 Å². The van der Waals surface area contributed by atoms with Gasteiger partial charge in [0.2, 0.25) is 11.7 Å². The minimum atomic E-state index is -0.212. The normalized spacial score (nSPS) is 18.6. The molecule has 2 heterocycles. The molecule has 3 aromatic rings. The number of aliphatic hydroxyl groups is 1. The Morgan fingerprint density at radius 3 is 2.61 bits per heavy atom. The topological polar surface area (TPSA) is 97.4 Å². The fraction of sp³-hybridized carbons (Fsp3) is 0.400. The Kier molecular flexibility index (Phi) is 4.95. The Hall–Kier alpha value is -3.00. The van der Waals surface area contributed by atoms with Crippen LogP contribution in [0.2, 0.25) is 0 Å². The molecule has 2 aromatic heterocycles. The number of methoxy groups -OCH3 is 1. The summed E-state index contributed by atoms with van der Waals surface area (Å²) in [6.45, 7) is 2.32. The van der Waals surface area contributed by atoms with E-state index in [4.69, 9.17) is 9.26 Å². The first kappa shape index (κ1) is 18.4. The quantitative estimate of drug-likeness (QED) is 0.696. The molecule has 0 amide bonds. The fourth-order valence-electron chi connectivity index (χ4n) is 3.27. The van der Waals surface area contributed by atoms with Crippen LogP contribution in [0.3, 0.4) is 0 Å². The number of hydrogen-bond acceptors (Lipinski definition) is 8. The number of aliphatic hydroxyl groups excluding tert-OH is 1. The van der Waals surface area contributed by atoms with Crippen molar-refractivity contribution < 1.29 is 14.4 Å². The van der Waals surface area contributed by atoms with Crippen molar-refractivity contribution in [3.63, 3.8) is 0 Å². The standard InChI is InChI=1S/C20H23N5O3/c1-12-21-17(14-8-15(26)9-14)10-18(22-12)25(2)11-19-23-20(24-28-19)13-4-6-16(27-3)7-5-13/h4-7,10,14-15,26H,8-9,11H2,1-3H3. The fourth-order valence-corrected chi connectivity index (χ4v) is 3.27. The Bertz CT molecular complexity index is 951. The number of benzene rings is 1. The molecule has 0 unspecified atom stereocenters. The first-order valence-electron chi connectivity index (χ1n) is 9.23. The molecule has 1 aromatic carbocycles. The van der Waals surface area contributed by atoms with Crippen molar-refractivity contribution in [2.45, 2.75) is 38.3 Å². The summed E-state index contributed by atoms with van der Waals surface area (Å²) in [5.74, 6) is 3.63. The molecule has 1 aliphatic rings. The number of aryl methyl sites for hydroxylation is 1. The highest BCUT2D eigenvalue weighted by molar-refractivity contribution is 5.55. The van der Waals surface area contributed by atoms with E-state index in [1.807, 2.05) is 49.2 Å². The van der Waals surface area contributed by atoms with Crippen molar-refractivity contribution >= 4 is 5.82 Å². The lowest BCUT2D eigenvalue weighted by Crippen LogP contribution is -2.28. The van der Waals surface area contributed by atoms with E-state index in [1.165, 1.54) is 0 Å². The third kappa shape index (κ3) is 3.82. The Morgan fingerprint density at radius 2 is 1.93 bits per heavy atom. The molecule has 0 radical (unpaired) electrons. The molecule has 0 saturated heterocycles. The molecular weight excluding hydrogens is 358 g/mol. The van der Waals surface area contributed by atoms with E-state index in [9.17, 15) is 5.11 Å². The zero-order valence-corrected chi connectivity index (χ0v) is 16.2. The van der Waals surface area contributed by atoms with Gasteiger partial charge in [-0.1, -0.05) is 5.16 Å². The number of hydrogen-bond donors (Lipinski definition) is 1. The van der Waals surface area contributed by atoms with E-state index < -0.39 is 0 Å². The maximum atomic E-state index is 9.56. The summed E-state index contributed by atoms with van der Waals surface area (Å²) < 4.78 is 10.6. The molecule has 0 bridgehead atoms. The highest BCUT2D eigenvalue weighted by Crippen LogP contribution is 2.36. The smallest absolute Gasteiger partial charge is 0.246 e. The predicted octanol–water partition coefficient (Wildman–Crippen LogP) is 2.72. The van der Waals surface area contributed by atoms with Crippen molar-refractivity contribution in [3.8, 4) is 17.1 Å². The van der Waals surface area contributed by atoms with Gasteiger partial charge in [0, 0.05) is 30.3 Å². The van der Waals surface area contributed by atoms with Gasteiger partial charge in [0.15, 0.2) is 0 Å². The zero-order valence-electron chi connectivity index (χ0n) is 16.2. The molecule has 0 aliphatic heterocycles. The number of anilines is 1. The average Bonchev–Trinajstić information content (AvgIpc) is 3.13. The lowest BCUT2D eigenvalue weighted by atomic mass is 9.80. The predicted molar refractivity (Wildman–Crippen MR) is 103 cm³/mol. The number of ether oxygens (including phenoxy) is 1. The molecule has 1 N–H and O–H groups in total. The summed E-state index contributed by atoms with van der Waals surface area (Å²) in [5.41, 5.74) is 1.84. The molecule has 8 nitrogen and oxygen atoms in total. The number of nitrogens with zero attached hydrogens (tertiary/aromatic N) is 5. The van der Waals surface area contributed by atoms with Gasteiger partial charge in [0.25, 0.3) is 0 Å². The molecule has 8 heteroatoms. The largest absolute Gasteiger partial charge is 0.497 e. The molecule has 146 valence electrons. The molecule has 1 fully saturated rings. The molecule has 0 atom stereocenters. The maximum Gasteiger partial charge on any atom is 0.246 e. The summed E-state index contributed by atoms with van der Waals surface area (Å²) in [5, 5.41) is 13.6. The van der Waals surface area contributed by atoms with Crippen molar-refractivity contribution in [1.29, 1.82) is 0 Å². The van der Waals surface area contributed by atoms with Gasteiger partial charge < -0.3 is 19.3 Å². The summed E-state index contributed by atoms with van der Waals surface area (Å²) in [7, 11) is 3.56. The summed E-state index contributed by atoms with van der Waals surface area (Å²) in [6, 6.07) is 9.49. The average molecular weight is 381 g/mol. The third-order valence-electron chi connectivity index (χ3n) is 4.96. The monoisotopic (exact) mass is 381 g/mol. The molecule has 1 aliphatic carbocycles. The second-order valence-electron chi connectivity index (χ2n) is 7.12. The second-order valence-corrected chi connectivity index (χ2v) is 7.12. The van der Waals surface area contributed by atoms with Crippen molar-refractivity contribution in [1.82, 2.24) is 20.1 Å². The van der Waals surface area contributed by atoms with Crippen molar-refractivity contribution in [2.75, 3.05) is 19.1 Å². The van der Waals surface area contributed by atoms with E-state index >= 15 is 0 Å². The van der Waals surface area contributed by atoms with E-state index in [2.05, 4.69) is 20.1 Å². The molecule has 28 heavy (non-hydrogen) atoms. The van der Waals surface area contributed by atoms with Crippen LogP contribution in [0, 0.1) is 6.92 Å². The van der Waals surface area contributed by atoms with Crippen LogP contribution in [-0.2, 0) is 6.54 Å². The Labute approximate surface area is 163 Å². The van der Waals surface area contributed by atoms with E-state index in [0.717, 1.165) is 35.7 Å². The van der Waals surface area contributed by atoms with Crippen LogP contribution >= 0.6 is 0 Å². The molecule has 4 rings (SSSR count). The van der Waals surface area contributed by atoms with Crippen LogP contribution in [0.15, 0.2) is 34.9 Å². The SMILES string of the molecule is COc1ccc(-c2noc(CN(C)c3cc(C4CC(O)C4)nc(C)n3)n2)cc1. The van der Waals surface area contributed by atoms with Crippen LogP contribution in [0.4, 0.5) is 5.82 Å². The van der Waals surface area contributed by atoms with E-state index in [-0.39, 0.29) is 6.10 Å². The minimum absolute atomic E-state index is 0.212. The van der Waals surface area contributed by atoms with Gasteiger partial charge in [-0.05, 0) is 44.0 Å². The Balaban J connectivity index is 1.48. The van der Waals surface area contributed by atoms with Crippen LogP contribution < -0.4 is 9.64 Å². The lowest BCUT2D eigenvalue weighted by Gasteiger charge is -2.31. The van der Waals surface area contributed by atoms with Crippen molar-refractivity contribution in [3.05, 3.63) is 47.7 Å². The second kappa shape index (κ2) is 7.55. The molecule has 0 spiro atoms.